The van der Waals surface area contributed by atoms with Crippen molar-refractivity contribution in [2.45, 2.75) is 51.6 Å². The lowest BCUT2D eigenvalue weighted by atomic mass is 9.91. The van der Waals surface area contributed by atoms with Crippen molar-refractivity contribution in [2.75, 3.05) is 13.1 Å². The van der Waals surface area contributed by atoms with Crippen LogP contribution in [0.3, 0.4) is 0 Å². The van der Waals surface area contributed by atoms with Crippen molar-refractivity contribution in [3.8, 4) is 0 Å². The van der Waals surface area contributed by atoms with Crippen molar-refractivity contribution in [3.05, 3.63) is 35.4 Å². The minimum Gasteiger partial charge on any atom is -0.335 e. The van der Waals surface area contributed by atoms with E-state index in [1.54, 1.807) is 0 Å². The molecule has 0 bridgehead atoms. The van der Waals surface area contributed by atoms with Crippen LogP contribution in [0.5, 0.6) is 0 Å². The van der Waals surface area contributed by atoms with Gasteiger partial charge in [0.2, 0.25) is 5.91 Å². The quantitative estimate of drug-likeness (QED) is 0.926. The Labute approximate surface area is 127 Å². The van der Waals surface area contributed by atoms with Crippen molar-refractivity contribution in [1.82, 2.24) is 10.2 Å². The van der Waals surface area contributed by atoms with E-state index < -0.39 is 0 Å². The number of fused-ring (bicyclic) bond motifs is 1. The fourth-order valence-corrected chi connectivity index (χ4v) is 3.65. The molecule has 1 fully saturated rings. The molecule has 3 heteroatoms. The molecule has 1 aromatic rings. The number of hydrogen-bond acceptors (Lipinski definition) is 2. The molecule has 1 N–H and O–H groups in total. The number of rotatable bonds is 3. The number of nitrogens with one attached hydrogen (secondary N) is 1. The normalized spacial score (nSPS) is 22.9. The topological polar surface area (TPSA) is 32.3 Å². The third kappa shape index (κ3) is 3.46. The third-order valence-electron chi connectivity index (χ3n) is 5.05. The summed E-state index contributed by atoms with van der Waals surface area (Å²) in [6, 6.07) is 8.87. The number of carbonyl (C=O) groups is 1. The first-order chi connectivity index (χ1) is 10.2. The maximum Gasteiger partial charge on any atom is 0.223 e. The Morgan fingerprint density at radius 1 is 1.24 bits per heavy atom. The minimum absolute atomic E-state index is 0.334. The van der Waals surface area contributed by atoms with Crippen LogP contribution in [0.4, 0.5) is 0 Å². The zero-order valence-electron chi connectivity index (χ0n) is 13.0. The molecule has 2 heterocycles. The SMILES string of the molecule is CC1Cc2ccccc2CN1C(=O)CCC1CCNCC1. The highest BCUT2D eigenvalue weighted by atomic mass is 16.2. The van der Waals surface area contributed by atoms with Crippen LogP contribution in [0, 0.1) is 5.92 Å². The molecule has 0 aliphatic carbocycles. The maximum atomic E-state index is 12.6. The van der Waals surface area contributed by atoms with Gasteiger partial charge in [-0.2, -0.15) is 0 Å². The Kier molecular flexibility index (Phi) is 4.59. The summed E-state index contributed by atoms with van der Waals surface area (Å²) in [7, 11) is 0. The van der Waals surface area contributed by atoms with Gasteiger partial charge in [-0.3, -0.25) is 4.79 Å². The summed E-state index contributed by atoms with van der Waals surface area (Å²) in [5, 5.41) is 3.39. The second kappa shape index (κ2) is 6.61. The Morgan fingerprint density at radius 2 is 1.95 bits per heavy atom. The summed E-state index contributed by atoms with van der Waals surface area (Å²) in [6.45, 7) is 5.21. The van der Waals surface area contributed by atoms with Crippen molar-refractivity contribution < 1.29 is 4.79 Å². The number of nitrogens with zero attached hydrogens (tertiary/aromatic N) is 1. The Hall–Kier alpha value is -1.35. The van der Waals surface area contributed by atoms with Gasteiger partial charge in [-0.15, -0.1) is 0 Å². The van der Waals surface area contributed by atoms with Gasteiger partial charge in [0.15, 0.2) is 0 Å². The van der Waals surface area contributed by atoms with Crippen LogP contribution in [0.25, 0.3) is 0 Å². The lowest BCUT2D eigenvalue weighted by Gasteiger charge is -2.35. The van der Waals surface area contributed by atoms with Gasteiger partial charge >= 0.3 is 0 Å². The first-order valence-corrected chi connectivity index (χ1v) is 8.31. The first-order valence-electron chi connectivity index (χ1n) is 8.31. The van der Waals surface area contributed by atoms with Gasteiger partial charge in [-0.05, 0) is 62.7 Å². The molecule has 3 nitrogen and oxygen atoms in total. The highest BCUT2D eigenvalue weighted by molar-refractivity contribution is 5.77. The Bertz CT molecular complexity index is 494. The van der Waals surface area contributed by atoms with Gasteiger partial charge in [0.25, 0.3) is 0 Å². The number of carbonyl (C=O) groups excluding carboxylic acids is 1. The van der Waals surface area contributed by atoms with Gasteiger partial charge in [0, 0.05) is 19.0 Å². The van der Waals surface area contributed by atoms with Crippen molar-refractivity contribution in [2.24, 2.45) is 5.92 Å². The van der Waals surface area contributed by atoms with E-state index in [1.807, 2.05) is 0 Å². The van der Waals surface area contributed by atoms with Crippen LogP contribution >= 0.6 is 0 Å². The second-order valence-electron chi connectivity index (χ2n) is 6.58. The lowest BCUT2D eigenvalue weighted by molar-refractivity contribution is -0.134. The Balaban J connectivity index is 1.57. The zero-order chi connectivity index (χ0) is 14.7. The molecule has 0 spiro atoms. The molecule has 21 heavy (non-hydrogen) atoms. The summed E-state index contributed by atoms with van der Waals surface area (Å²) in [6.07, 6.45) is 5.23. The van der Waals surface area contributed by atoms with E-state index in [1.165, 1.54) is 24.0 Å². The van der Waals surface area contributed by atoms with E-state index in [4.69, 9.17) is 0 Å². The van der Waals surface area contributed by atoms with E-state index in [2.05, 4.69) is 41.4 Å². The monoisotopic (exact) mass is 286 g/mol. The van der Waals surface area contributed by atoms with Crippen molar-refractivity contribution >= 4 is 5.91 Å². The van der Waals surface area contributed by atoms with Gasteiger partial charge in [0.1, 0.15) is 0 Å². The summed E-state index contributed by atoms with van der Waals surface area (Å²) in [4.78, 5) is 14.7. The molecule has 2 aliphatic heterocycles. The Morgan fingerprint density at radius 3 is 2.71 bits per heavy atom. The molecule has 3 rings (SSSR count). The van der Waals surface area contributed by atoms with Crippen LogP contribution in [-0.2, 0) is 17.8 Å². The summed E-state index contributed by atoms with van der Waals surface area (Å²) >= 11 is 0. The lowest BCUT2D eigenvalue weighted by Crippen LogP contribution is -2.42. The smallest absolute Gasteiger partial charge is 0.223 e. The van der Waals surface area contributed by atoms with Crippen molar-refractivity contribution in [3.63, 3.8) is 0 Å². The average Bonchev–Trinajstić information content (AvgIpc) is 2.53. The van der Waals surface area contributed by atoms with E-state index in [9.17, 15) is 4.79 Å². The fraction of sp³-hybridized carbons (Fsp3) is 0.611. The van der Waals surface area contributed by atoms with E-state index in [-0.39, 0.29) is 0 Å². The molecule has 1 saturated heterocycles. The second-order valence-corrected chi connectivity index (χ2v) is 6.58. The molecule has 0 aromatic heterocycles. The number of amides is 1. The van der Waals surface area contributed by atoms with Crippen LogP contribution in [0.2, 0.25) is 0 Å². The molecule has 1 amide bonds. The maximum absolute atomic E-state index is 12.6. The predicted octanol–water partition coefficient (Wildman–Crippen LogP) is 2.74. The van der Waals surface area contributed by atoms with Crippen LogP contribution in [0.1, 0.15) is 43.7 Å². The third-order valence-corrected chi connectivity index (χ3v) is 5.05. The van der Waals surface area contributed by atoms with Crippen molar-refractivity contribution in [1.29, 1.82) is 0 Å². The molecule has 0 radical (unpaired) electrons. The van der Waals surface area contributed by atoms with E-state index in [0.717, 1.165) is 44.8 Å². The molecular formula is C18H26N2O. The summed E-state index contributed by atoms with van der Waals surface area (Å²) < 4.78 is 0. The highest BCUT2D eigenvalue weighted by Gasteiger charge is 2.26. The number of hydrogen-bond donors (Lipinski definition) is 1. The van der Waals surface area contributed by atoms with Crippen LogP contribution in [-0.4, -0.2) is 29.9 Å². The van der Waals surface area contributed by atoms with Gasteiger partial charge < -0.3 is 10.2 Å². The molecule has 0 saturated carbocycles. The predicted molar refractivity (Wildman–Crippen MR) is 85.0 cm³/mol. The average molecular weight is 286 g/mol. The summed E-state index contributed by atoms with van der Waals surface area (Å²) in [5.41, 5.74) is 2.73. The zero-order valence-corrected chi connectivity index (χ0v) is 13.0. The first kappa shape index (κ1) is 14.6. The largest absolute Gasteiger partial charge is 0.335 e. The van der Waals surface area contributed by atoms with Crippen LogP contribution in [0.15, 0.2) is 24.3 Å². The van der Waals surface area contributed by atoms with Gasteiger partial charge in [-0.25, -0.2) is 0 Å². The molecule has 114 valence electrons. The number of piperidine rings is 1. The van der Waals surface area contributed by atoms with Gasteiger partial charge in [0.05, 0.1) is 0 Å². The molecule has 1 atom stereocenters. The molecule has 1 unspecified atom stereocenters. The van der Waals surface area contributed by atoms with E-state index in [0.29, 0.717) is 11.9 Å². The number of benzene rings is 1. The van der Waals surface area contributed by atoms with Gasteiger partial charge in [-0.1, -0.05) is 24.3 Å². The molecular weight excluding hydrogens is 260 g/mol. The molecule has 1 aromatic carbocycles. The standard InChI is InChI=1S/C18H26N2O/c1-14-12-16-4-2-3-5-17(16)13-20(14)18(21)7-6-15-8-10-19-11-9-15/h2-5,14-15,19H,6-13H2,1H3. The van der Waals surface area contributed by atoms with E-state index >= 15 is 0 Å². The summed E-state index contributed by atoms with van der Waals surface area (Å²) in [5.74, 6) is 1.08. The van der Waals surface area contributed by atoms with Crippen LogP contribution < -0.4 is 5.32 Å². The minimum atomic E-state index is 0.334. The highest BCUT2D eigenvalue weighted by Crippen LogP contribution is 2.25. The molecule has 2 aliphatic rings. The fourth-order valence-electron chi connectivity index (χ4n) is 3.65.